The van der Waals surface area contributed by atoms with Gasteiger partial charge in [-0.05, 0) is 37.5 Å². The Kier molecular flexibility index (Phi) is 6.29. The molecule has 2 aromatic carbocycles. The van der Waals surface area contributed by atoms with E-state index in [2.05, 4.69) is 40.6 Å². The summed E-state index contributed by atoms with van der Waals surface area (Å²) in [6.45, 7) is 6.69. The average Bonchev–Trinajstić information content (AvgIpc) is 3.01. The zero-order chi connectivity index (χ0) is 19.2. The van der Waals surface area contributed by atoms with E-state index in [1.807, 2.05) is 54.8 Å². The van der Waals surface area contributed by atoms with Crippen molar-refractivity contribution in [3.63, 3.8) is 0 Å². The van der Waals surface area contributed by atoms with Crippen LogP contribution in [0.3, 0.4) is 0 Å². The van der Waals surface area contributed by atoms with Crippen molar-refractivity contribution in [3.8, 4) is 0 Å². The Hall–Kier alpha value is -2.60. The minimum atomic E-state index is -0.0248. The summed E-state index contributed by atoms with van der Waals surface area (Å²) >= 11 is 1.41. The molecule has 0 saturated carbocycles. The van der Waals surface area contributed by atoms with Crippen LogP contribution in [0.2, 0.25) is 0 Å². The molecule has 0 bridgehead atoms. The maximum Gasteiger partial charge on any atom is 0.230 e. The number of hydrogen-bond acceptors (Lipinski definition) is 4. The third kappa shape index (κ3) is 4.98. The summed E-state index contributed by atoms with van der Waals surface area (Å²) in [6, 6.07) is 18.3. The highest BCUT2D eigenvalue weighted by Crippen LogP contribution is 2.20. The van der Waals surface area contributed by atoms with E-state index in [0.29, 0.717) is 12.3 Å². The highest BCUT2D eigenvalue weighted by atomic mass is 32.2. The molecule has 1 atom stereocenters. The Morgan fingerprint density at radius 3 is 2.52 bits per heavy atom. The SMILES string of the molecule is Cc1ccccc1C(C)NC(=O)CSc1nnc(C)n1Cc1ccccc1. The Morgan fingerprint density at radius 1 is 1.07 bits per heavy atom. The first-order valence-electron chi connectivity index (χ1n) is 8.96. The monoisotopic (exact) mass is 380 g/mol. The number of nitrogens with one attached hydrogen (secondary N) is 1. The van der Waals surface area contributed by atoms with E-state index in [4.69, 9.17) is 0 Å². The van der Waals surface area contributed by atoms with Gasteiger partial charge < -0.3 is 9.88 Å². The largest absolute Gasteiger partial charge is 0.349 e. The fourth-order valence-electron chi connectivity index (χ4n) is 2.98. The van der Waals surface area contributed by atoms with Crippen LogP contribution in [0, 0.1) is 13.8 Å². The molecule has 1 amide bonds. The second-order valence-electron chi connectivity index (χ2n) is 6.54. The third-order valence-corrected chi connectivity index (χ3v) is 5.42. The summed E-state index contributed by atoms with van der Waals surface area (Å²) in [5.41, 5.74) is 3.50. The molecule has 0 spiro atoms. The zero-order valence-electron chi connectivity index (χ0n) is 15.8. The van der Waals surface area contributed by atoms with Crippen molar-refractivity contribution in [2.45, 2.75) is 38.5 Å². The van der Waals surface area contributed by atoms with Gasteiger partial charge in [0.2, 0.25) is 5.91 Å². The summed E-state index contributed by atoms with van der Waals surface area (Å²) in [5, 5.41) is 12.2. The van der Waals surface area contributed by atoms with Gasteiger partial charge in [0.15, 0.2) is 5.16 Å². The van der Waals surface area contributed by atoms with Gasteiger partial charge in [-0.25, -0.2) is 0 Å². The number of hydrogen-bond donors (Lipinski definition) is 1. The molecule has 3 rings (SSSR count). The first-order valence-corrected chi connectivity index (χ1v) is 9.94. The molecule has 0 saturated heterocycles. The van der Waals surface area contributed by atoms with Crippen molar-refractivity contribution in [3.05, 3.63) is 77.1 Å². The molecule has 1 heterocycles. The van der Waals surface area contributed by atoms with E-state index in [1.165, 1.54) is 22.9 Å². The molecule has 0 radical (unpaired) electrons. The number of thioether (sulfide) groups is 1. The van der Waals surface area contributed by atoms with E-state index in [9.17, 15) is 4.79 Å². The maximum absolute atomic E-state index is 12.4. The van der Waals surface area contributed by atoms with Crippen molar-refractivity contribution in [1.82, 2.24) is 20.1 Å². The minimum absolute atomic E-state index is 0.0114. The lowest BCUT2D eigenvalue weighted by molar-refractivity contribution is -0.119. The van der Waals surface area contributed by atoms with Crippen molar-refractivity contribution >= 4 is 17.7 Å². The molecule has 6 heteroatoms. The van der Waals surface area contributed by atoms with E-state index >= 15 is 0 Å². The number of rotatable bonds is 7. The second-order valence-corrected chi connectivity index (χ2v) is 7.48. The molecule has 1 aromatic heterocycles. The molecule has 1 N–H and O–H groups in total. The Morgan fingerprint density at radius 2 is 1.78 bits per heavy atom. The van der Waals surface area contributed by atoms with Gasteiger partial charge in [-0.3, -0.25) is 4.79 Å². The zero-order valence-corrected chi connectivity index (χ0v) is 16.7. The smallest absolute Gasteiger partial charge is 0.230 e. The second kappa shape index (κ2) is 8.86. The number of benzene rings is 2. The van der Waals surface area contributed by atoms with Crippen LogP contribution < -0.4 is 5.32 Å². The van der Waals surface area contributed by atoms with Crippen LogP contribution in [0.15, 0.2) is 59.8 Å². The predicted octanol–water partition coefficient (Wildman–Crippen LogP) is 3.91. The Labute approximate surface area is 164 Å². The molecular formula is C21H24N4OS. The highest BCUT2D eigenvalue weighted by Gasteiger charge is 2.15. The summed E-state index contributed by atoms with van der Waals surface area (Å²) in [4.78, 5) is 12.4. The highest BCUT2D eigenvalue weighted by molar-refractivity contribution is 7.99. The van der Waals surface area contributed by atoms with Crippen LogP contribution in [0.25, 0.3) is 0 Å². The Balaban J connectivity index is 1.60. The lowest BCUT2D eigenvalue weighted by Gasteiger charge is -2.16. The van der Waals surface area contributed by atoms with E-state index < -0.39 is 0 Å². The van der Waals surface area contributed by atoms with Crippen LogP contribution in [-0.4, -0.2) is 26.4 Å². The van der Waals surface area contributed by atoms with Crippen LogP contribution in [0.5, 0.6) is 0 Å². The molecule has 1 unspecified atom stereocenters. The number of amides is 1. The fourth-order valence-corrected chi connectivity index (χ4v) is 3.77. The van der Waals surface area contributed by atoms with Gasteiger partial charge >= 0.3 is 0 Å². The van der Waals surface area contributed by atoms with Gasteiger partial charge in [0.05, 0.1) is 18.3 Å². The van der Waals surface area contributed by atoms with Crippen LogP contribution >= 0.6 is 11.8 Å². The molecule has 0 fully saturated rings. The molecule has 5 nitrogen and oxygen atoms in total. The van der Waals surface area contributed by atoms with E-state index in [-0.39, 0.29) is 11.9 Å². The van der Waals surface area contributed by atoms with Gasteiger partial charge in [0, 0.05) is 0 Å². The van der Waals surface area contributed by atoms with E-state index in [0.717, 1.165) is 16.5 Å². The predicted molar refractivity (Wildman–Crippen MR) is 109 cm³/mol. The summed E-state index contributed by atoms with van der Waals surface area (Å²) in [7, 11) is 0. The standard InChI is InChI=1S/C21H24N4OS/c1-15-9-7-8-12-19(15)16(2)22-20(26)14-27-21-24-23-17(3)25(21)13-18-10-5-4-6-11-18/h4-12,16H,13-14H2,1-3H3,(H,22,26). The van der Waals surface area contributed by atoms with Crippen LogP contribution in [0.4, 0.5) is 0 Å². The number of aromatic nitrogens is 3. The molecule has 0 aliphatic heterocycles. The molecule has 0 aliphatic carbocycles. The number of carbonyl (C=O) groups is 1. The quantitative estimate of drug-likeness (QED) is 0.631. The Bertz CT molecular complexity index is 908. The maximum atomic E-state index is 12.4. The topological polar surface area (TPSA) is 59.8 Å². The summed E-state index contributed by atoms with van der Waals surface area (Å²) in [6.07, 6.45) is 0. The molecule has 0 aliphatic rings. The van der Waals surface area contributed by atoms with Gasteiger partial charge in [0.25, 0.3) is 0 Å². The average molecular weight is 381 g/mol. The van der Waals surface area contributed by atoms with Crippen molar-refractivity contribution in [1.29, 1.82) is 0 Å². The van der Waals surface area contributed by atoms with Gasteiger partial charge in [0.1, 0.15) is 5.82 Å². The third-order valence-electron chi connectivity index (χ3n) is 4.45. The lowest BCUT2D eigenvalue weighted by atomic mass is 10.0. The normalized spacial score (nSPS) is 12.0. The summed E-state index contributed by atoms with van der Waals surface area (Å²) < 4.78 is 2.04. The molecule has 140 valence electrons. The molecule has 3 aromatic rings. The lowest BCUT2D eigenvalue weighted by Crippen LogP contribution is -2.28. The first kappa shape index (κ1) is 19.2. The molecular weight excluding hydrogens is 356 g/mol. The number of nitrogens with zero attached hydrogens (tertiary/aromatic N) is 3. The van der Waals surface area contributed by atoms with Crippen LogP contribution in [0.1, 0.15) is 35.5 Å². The minimum Gasteiger partial charge on any atom is -0.349 e. The number of aryl methyl sites for hydroxylation is 2. The fraction of sp³-hybridized carbons (Fsp3) is 0.286. The van der Waals surface area contributed by atoms with E-state index in [1.54, 1.807) is 0 Å². The van der Waals surface area contributed by atoms with Crippen molar-refractivity contribution < 1.29 is 4.79 Å². The van der Waals surface area contributed by atoms with Gasteiger partial charge in [-0.2, -0.15) is 0 Å². The summed E-state index contributed by atoms with van der Waals surface area (Å²) in [5.74, 6) is 1.14. The molecule has 27 heavy (non-hydrogen) atoms. The van der Waals surface area contributed by atoms with Gasteiger partial charge in [-0.15, -0.1) is 10.2 Å². The van der Waals surface area contributed by atoms with Crippen molar-refractivity contribution in [2.75, 3.05) is 5.75 Å². The number of carbonyl (C=O) groups excluding carboxylic acids is 1. The van der Waals surface area contributed by atoms with Crippen molar-refractivity contribution in [2.24, 2.45) is 0 Å². The van der Waals surface area contributed by atoms with Gasteiger partial charge in [-0.1, -0.05) is 66.4 Å². The first-order chi connectivity index (χ1) is 13.0. The van der Waals surface area contributed by atoms with Crippen LogP contribution in [-0.2, 0) is 11.3 Å².